The van der Waals surface area contributed by atoms with Crippen LogP contribution in [0.3, 0.4) is 0 Å². The van der Waals surface area contributed by atoms with Gasteiger partial charge >= 0.3 is 6.03 Å². The van der Waals surface area contributed by atoms with Crippen molar-refractivity contribution < 1.29 is 14.3 Å². The van der Waals surface area contributed by atoms with Gasteiger partial charge in [0.25, 0.3) is 5.91 Å². The summed E-state index contributed by atoms with van der Waals surface area (Å²) in [4.78, 5) is 25.3. The normalized spacial score (nSPS) is 12.0. The Balaban J connectivity index is 2.53. The van der Waals surface area contributed by atoms with E-state index in [0.29, 0.717) is 11.7 Å². The van der Waals surface area contributed by atoms with E-state index < -0.39 is 0 Å². The van der Waals surface area contributed by atoms with Gasteiger partial charge in [0.2, 0.25) is 0 Å². The summed E-state index contributed by atoms with van der Waals surface area (Å²) >= 11 is 0. The first kappa shape index (κ1) is 19.8. The molecule has 0 fully saturated rings. The summed E-state index contributed by atoms with van der Waals surface area (Å²) in [5.41, 5.74) is 0.749. The van der Waals surface area contributed by atoms with Crippen LogP contribution in [0.15, 0.2) is 24.3 Å². The lowest BCUT2D eigenvalue weighted by molar-refractivity contribution is -0.124. The molecule has 0 aromatic heterocycles. The lowest BCUT2D eigenvalue weighted by Crippen LogP contribution is -2.40. The molecular formula is C18H29N3O3. The predicted molar refractivity (Wildman–Crippen MR) is 96.5 cm³/mol. The molecule has 6 heteroatoms. The zero-order valence-electron chi connectivity index (χ0n) is 15.4. The van der Waals surface area contributed by atoms with Gasteiger partial charge in [-0.2, -0.15) is 0 Å². The number of urea groups is 1. The standard InChI is InChI=1S/C18H29N3O3/c1-12(2)14(5)20-17(22)11-24-16-9-7-15(8-10-16)21(6)18(23)19-13(3)4/h7-10,12-14H,11H2,1-6H3,(H,19,23)(H,20,22). The number of nitrogens with zero attached hydrogens (tertiary/aromatic N) is 1. The molecule has 0 radical (unpaired) electrons. The molecule has 0 spiro atoms. The summed E-state index contributed by atoms with van der Waals surface area (Å²) in [5, 5.41) is 5.71. The summed E-state index contributed by atoms with van der Waals surface area (Å²) in [7, 11) is 1.70. The van der Waals surface area contributed by atoms with Crippen LogP contribution >= 0.6 is 0 Å². The van der Waals surface area contributed by atoms with Gasteiger partial charge in [-0.05, 0) is 51.0 Å². The number of amides is 3. The van der Waals surface area contributed by atoms with Crippen molar-refractivity contribution in [2.24, 2.45) is 5.92 Å². The molecule has 0 aliphatic carbocycles. The van der Waals surface area contributed by atoms with E-state index in [1.807, 2.05) is 20.8 Å². The number of benzene rings is 1. The Bertz CT molecular complexity index is 541. The predicted octanol–water partition coefficient (Wildman–Crippen LogP) is 2.78. The van der Waals surface area contributed by atoms with E-state index in [9.17, 15) is 9.59 Å². The minimum atomic E-state index is -0.166. The number of carbonyl (C=O) groups excluding carboxylic acids is 2. The Morgan fingerprint density at radius 1 is 1.04 bits per heavy atom. The van der Waals surface area contributed by atoms with Crippen LogP contribution in [0.25, 0.3) is 0 Å². The van der Waals surface area contributed by atoms with E-state index in [4.69, 9.17) is 4.74 Å². The monoisotopic (exact) mass is 335 g/mol. The van der Waals surface area contributed by atoms with Crippen molar-refractivity contribution in [3.8, 4) is 5.75 Å². The maximum atomic E-state index is 11.9. The fraction of sp³-hybridized carbons (Fsp3) is 0.556. The maximum absolute atomic E-state index is 11.9. The molecule has 1 rings (SSSR count). The first-order chi connectivity index (χ1) is 11.2. The Hall–Kier alpha value is -2.24. The number of hydrogen-bond donors (Lipinski definition) is 2. The highest BCUT2D eigenvalue weighted by Gasteiger charge is 2.13. The molecule has 24 heavy (non-hydrogen) atoms. The summed E-state index contributed by atoms with van der Waals surface area (Å²) in [6.07, 6.45) is 0. The molecule has 0 saturated heterocycles. The molecule has 0 aliphatic rings. The fourth-order valence-corrected chi connectivity index (χ4v) is 1.84. The molecule has 0 aliphatic heterocycles. The van der Waals surface area contributed by atoms with Crippen molar-refractivity contribution in [1.29, 1.82) is 0 Å². The Morgan fingerprint density at radius 2 is 1.62 bits per heavy atom. The molecule has 0 heterocycles. The number of ether oxygens (including phenoxy) is 1. The summed E-state index contributed by atoms with van der Waals surface area (Å²) < 4.78 is 5.48. The second-order valence-electron chi connectivity index (χ2n) is 6.55. The SMILES string of the molecule is CC(C)NC(=O)N(C)c1ccc(OCC(=O)NC(C)C(C)C)cc1. The first-order valence-electron chi connectivity index (χ1n) is 8.27. The van der Waals surface area contributed by atoms with Crippen molar-refractivity contribution in [3.63, 3.8) is 0 Å². The van der Waals surface area contributed by atoms with E-state index in [0.717, 1.165) is 5.69 Å². The van der Waals surface area contributed by atoms with Gasteiger partial charge < -0.3 is 15.4 Å². The van der Waals surface area contributed by atoms with Crippen molar-refractivity contribution in [1.82, 2.24) is 10.6 Å². The number of carbonyl (C=O) groups is 2. The molecule has 1 aromatic carbocycles. The zero-order chi connectivity index (χ0) is 18.3. The van der Waals surface area contributed by atoms with Crippen LogP contribution in [0.4, 0.5) is 10.5 Å². The third-order valence-electron chi connectivity index (χ3n) is 3.70. The van der Waals surface area contributed by atoms with Crippen molar-refractivity contribution in [3.05, 3.63) is 24.3 Å². The van der Waals surface area contributed by atoms with E-state index in [1.165, 1.54) is 4.90 Å². The highest BCUT2D eigenvalue weighted by Crippen LogP contribution is 2.18. The average molecular weight is 335 g/mol. The summed E-state index contributed by atoms with van der Waals surface area (Å²) in [5.74, 6) is 0.818. The molecule has 0 bridgehead atoms. The van der Waals surface area contributed by atoms with Gasteiger partial charge in [-0.25, -0.2) is 4.79 Å². The number of rotatable bonds is 7. The quantitative estimate of drug-likeness (QED) is 0.805. The lowest BCUT2D eigenvalue weighted by atomic mass is 10.1. The van der Waals surface area contributed by atoms with E-state index in [-0.39, 0.29) is 30.6 Å². The van der Waals surface area contributed by atoms with Crippen LogP contribution in [0.1, 0.15) is 34.6 Å². The molecule has 2 N–H and O–H groups in total. The van der Waals surface area contributed by atoms with Gasteiger partial charge in [-0.3, -0.25) is 9.69 Å². The molecule has 1 atom stereocenters. The Kier molecular flexibility index (Phi) is 7.55. The third-order valence-corrected chi connectivity index (χ3v) is 3.70. The Morgan fingerprint density at radius 3 is 2.12 bits per heavy atom. The molecule has 1 unspecified atom stereocenters. The van der Waals surface area contributed by atoms with E-state index in [1.54, 1.807) is 31.3 Å². The molecule has 6 nitrogen and oxygen atoms in total. The lowest BCUT2D eigenvalue weighted by Gasteiger charge is -2.20. The van der Waals surface area contributed by atoms with Crippen LogP contribution in [0.5, 0.6) is 5.75 Å². The maximum Gasteiger partial charge on any atom is 0.321 e. The first-order valence-corrected chi connectivity index (χ1v) is 8.27. The van der Waals surface area contributed by atoms with Crippen LogP contribution in [-0.4, -0.2) is 37.7 Å². The molecule has 0 saturated carbocycles. The van der Waals surface area contributed by atoms with Gasteiger partial charge in [0.1, 0.15) is 5.75 Å². The van der Waals surface area contributed by atoms with Gasteiger partial charge in [-0.1, -0.05) is 13.8 Å². The van der Waals surface area contributed by atoms with Gasteiger partial charge in [-0.15, -0.1) is 0 Å². The van der Waals surface area contributed by atoms with Crippen LogP contribution in [-0.2, 0) is 4.79 Å². The van der Waals surface area contributed by atoms with Crippen molar-refractivity contribution >= 4 is 17.6 Å². The van der Waals surface area contributed by atoms with Gasteiger partial charge in [0.15, 0.2) is 6.61 Å². The second kappa shape index (κ2) is 9.15. The van der Waals surface area contributed by atoms with Crippen molar-refractivity contribution in [2.45, 2.75) is 46.7 Å². The largest absolute Gasteiger partial charge is 0.484 e. The topological polar surface area (TPSA) is 70.7 Å². The number of anilines is 1. The minimum absolute atomic E-state index is 0.0277. The molecule has 3 amide bonds. The summed E-state index contributed by atoms with van der Waals surface area (Å²) in [6.45, 7) is 9.87. The molecule has 1 aromatic rings. The fourth-order valence-electron chi connectivity index (χ4n) is 1.84. The summed E-state index contributed by atoms with van der Waals surface area (Å²) in [6, 6.07) is 7.07. The Labute approximate surface area is 144 Å². The van der Waals surface area contributed by atoms with Crippen molar-refractivity contribution in [2.75, 3.05) is 18.6 Å². The average Bonchev–Trinajstić information content (AvgIpc) is 2.51. The second-order valence-corrected chi connectivity index (χ2v) is 6.55. The minimum Gasteiger partial charge on any atom is -0.484 e. The highest BCUT2D eigenvalue weighted by molar-refractivity contribution is 5.91. The smallest absolute Gasteiger partial charge is 0.321 e. The van der Waals surface area contributed by atoms with E-state index >= 15 is 0 Å². The highest BCUT2D eigenvalue weighted by atomic mass is 16.5. The van der Waals surface area contributed by atoms with E-state index in [2.05, 4.69) is 24.5 Å². The molecule has 134 valence electrons. The van der Waals surface area contributed by atoms with Gasteiger partial charge in [0.05, 0.1) is 0 Å². The number of nitrogens with one attached hydrogen (secondary N) is 2. The van der Waals surface area contributed by atoms with Crippen LogP contribution < -0.4 is 20.3 Å². The zero-order valence-corrected chi connectivity index (χ0v) is 15.4. The number of hydrogen-bond acceptors (Lipinski definition) is 3. The molecular weight excluding hydrogens is 306 g/mol. The van der Waals surface area contributed by atoms with Crippen LogP contribution in [0.2, 0.25) is 0 Å². The third kappa shape index (κ3) is 6.48. The van der Waals surface area contributed by atoms with Crippen LogP contribution in [0, 0.1) is 5.92 Å². The van der Waals surface area contributed by atoms with Gasteiger partial charge in [0, 0.05) is 24.8 Å².